The third kappa shape index (κ3) is 6.64. The number of halogens is 6. The molecule has 0 aromatic heterocycles. The quantitative estimate of drug-likeness (QED) is 0.208. The molecule has 1 atom stereocenters. The van der Waals surface area contributed by atoms with E-state index in [0.29, 0.717) is 18.7 Å². The summed E-state index contributed by atoms with van der Waals surface area (Å²) in [5.74, 6) is -1.55. The van der Waals surface area contributed by atoms with Gasteiger partial charge in [-0.2, -0.15) is 26.3 Å². The summed E-state index contributed by atoms with van der Waals surface area (Å²) < 4.78 is 93.8. The van der Waals surface area contributed by atoms with Crippen molar-refractivity contribution in [1.82, 2.24) is 0 Å². The number of carbonyl (C=O) groups excluding carboxylic acids is 1. The van der Waals surface area contributed by atoms with Crippen LogP contribution in [0.2, 0.25) is 0 Å². The molecule has 0 fully saturated rings. The lowest BCUT2D eigenvalue weighted by molar-refractivity contribution is -0.145. The van der Waals surface area contributed by atoms with Crippen molar-refractivity contribution in [2.24, 2.45) is 5.92 Å². The molecule has 1 aliphatic heterocycles. The number of fused-ring (bicyclic) bond motifs is 1. The molecule has 1 heterocycles. The SMILES string of the molecule is CCOC(=O)CCCCc1cc(C(F)(F)F)c(Oc2ccc3c(c2)C(C(C)C)CN3)c(C(F)(F)F)c1. The van der Waals surface area contributed by atoms with E-state index < -0.39 is 35.2 Å². The number of unbranched alkanes of at least 4 members (excludes halogenated alkanes) is 1. The highest BCUT2D eigenvalue weighted by molar-refractivity contribution is 5.69. The number of esters is 1. The van der Waals surface area contributed by atoms with Gasteiger partial charge in [0.25, 0.3) is 0 Å². The Hall–Kier alpha value is -2.91. The summed E-state index contributed by atoms with van der Waals surface area (Å²) in [5, 5.41) is 3.20. The largest absolute Gasteiger partial charge is 0.466 e. The fraction of sp³-hybridized carbons (Fsp3) is 0.500. The van der Waals surface area contributed by atoms with E-state index in [4.69, 9.17) is 9.47 Å². The van der Waals surface area contributed by atoms with Gasteiger partial charge in [0.2, 0.25) is 0 Å². The first kappa shape index (κ1) is 27.7. The van der Waals surface area contributed by atoms with Crippen molar-refractivity contribution in [3.8, 4) is 11.5 Å². The number of alkyl halides is 6. The van der Waals surface area contributed by atoms with Gasteiger partial charge in [0.1, 0.15) is 5.75 Å². The molecule has 0 aliphatic carbocycles. The highest BCUT2D eigenvalue weighted by Gasteiger charge is 2.43. The van der Waals surface area contributed by atoms with Crippen molar-refractivity contribution in [2.45, 2.75) is 64.7 Å². The maximum absolute atomic E-state index is 13.9. The summed E-state index contributed by atoms with van der Waals surface area (Å²) in [7, 11) is 0. The van der Waals surface area contributed by atoms with Gasteiger partial charge in [-0.05, 0) is 73.6 Å². The third-order valence-corrected chi connectivity index (χ3v) is 6.12. The van der Waals surface area contributed by atoms with Gasteiger partial charge in [0.05, 0.1) is 17.7 Å². The fourth-order valence-electron chi connectivity index (χ4n) is 4.31. The van der Waals surface area contributed by atoms with Crippen LogP contribution >= 0.6 is 0 Å². The Labute approximate surface area is 206 Å². The van der Waals surface area contributed by atoms with Crippen LogP contribution in [0.15, 0.2) is 30.3 Å². The number of benzene rings is 2. The predicted octanol–water partition coefficient (Wildman–Crippen LogP) is 7.96. The number of anilines is 1. The van der Waals surface area contributed by atoms with E-state index in [9.17, 15) is 31.1 Å². The highest BCUT2D eigenvalue weighted by atomic mass is 19.4. The first-order chi connectivity index (χ1) is 16.8. The van der Waals surface area contributed by atoms with Crippen LogP contribution < -0.4 is 10.1 Å². The highest BCUT2D eigenvalue weighted by Crippen LogP contribution is 2.47. The van der Waals surface area contributed by atoms with Crippen molar-refractivity contribution in [3.63, 3.8) is 0 Å². The van der Waals surface area contributed by atoms with Crippen LogP contribution in [0.4, 0.5) is 32.0 Å². The molecule has 0 amide bonds. The lowest BCUT2D eigenvalue weighted by Crippen LogP contribution is -2.15. The van der Waals surface area contributed by atoms with Gasteiger partial charge in [0, 0.05) is 24.6 Å². The normalized spacial score (nSPS) is 15.6. The molecule has 36 heavy (non-hydrogen) atoms. The maximum atomic E-state index is 13.9. The first-order valence-corrected chi connectivity index (χ1v) is 11.8. The number of ether oxygens (including phenoxy) is 2. The fourth-order valence-corrected chi connectivity index (χ4v) is 4.31. The van der Waals surface area contributed by atoms with Gasteiger partial charge in [-0.15, -0.1) is 0 Å². The molecule has 2 aromatic carbocycles. The number of hydrogen-bond acceptors (Lipinski definition) is 4. The Morgan fingerprint density at radius 2 is 1.67 bits per heavy atom. The molecule has 0 bridgehead atoms. The van der Waals surface area contributed by atoms with Crippen molar-refractivity contribution in [1.29, 1.82) is 0 Å². The molecular formula is C26H29F6NO3. The summed E-state index contributed by atoms with van der Waals surface area (Å²) in [5.41, 5.74) is -1.54. The van der Waals surface area contributed by atoms with E-state index in [1.54, 1.807) is 13.0 Å². The summed E-state index contributed by atoms with van der Waals surface area (Å²) in [6.07, 6.45) is -9.67. The zero-order chi connectivity index (χ0) is 26.7. The Morgan fingerprint density at radius 3 is 2.22 bits per heavy atom. The molecule has 1 unspecified atom stereocenters. The monoisotopic (exact) mass is 517 g/mol. The van der Waals surface area contributed by atoms with E-state index in [1.165, 1.54) is 12.1 Å². The molecule has 0 saturated heterocycles. The minimum atomic E-state index is -5.07. The van der Waals surface area contributed by atoms with Gasteiger partial charge in [-0.1, -0.05) is 13.8 Å². The molecule has 2 aromatic rings. The van der Waals surface area contributed by atoms with Gasteiger partial charge in [-0.3, -0.25) is 4.79 Å². The Kier molecular flexibility index (Phi) is 8.46. The molecule has 1 aliphatic rings. The lowest BCUT2D eigenvalue weighted by atomic mass is 9.90. The lowest BCUT2D eigenvalue weighted by Gasteiger charge is -2.21. The minimum Gasteiger partial charge on any atom is -0.466 e. The number of carbonyl (C=O) groups is 1. The summed E-state index contributed by atoms with van der Waals surface area (Å²) in [6, 6.07) is 5.86. The Morgan fingerprint density at radius 1 is 1.03 bits per heavy atom. The van der Waals surface area contributed by atoms with Gasteiger partial charge >= 0.3 is 18.3 Å². The smallest absolute Gasteiger partial charge is 0.420 e. The maximum Gasteiger partial charge on any atom is 0.420 e. The van der Waals surface area contributed by atoms with Crippen molar-refractivity contribution < 1.29 is 40.6 Å². The summed E-state index contributed by atoms with van der Waals surface area (Å²) in [4.78, 5) is 11.4. The summed E-state index contributed by atoms with van der Waals surface area (Å²) >= 11 is 0. The van der Waals surface area contributed by atoms with Crippen LogP contribution in [0.3, 0.4) is 0 Å². The Balaban J connectivity index is 1.95. The van der Waals surface area contributed by atoms with Gasteiger partial charge in [0.15, 0.2) is 5.75 Å². The van der Waals surface area contributed by atoms with Crippen LogP contribution in [0.5, 0.6) is 11.5 Å². The zero-order valence-electron chi connectivity index (χ0n) is 20.3. The van der Waals surface area contributed by atoms with Crippen LogP contribution in [0, 0.1) is 5.92 Å². The molecule has 4 nitrogen and oxygen atoms in total. The average molecular weight is 518 g/mol. The second-order valence-corrected chi connectivity index (χ2v) is 9.11. The molecule has 0 saturated carbocycles. The van der Waals surface area contributed by atoms with E-state index in [1.807, 2.05) is 13.8 Å². The van der Waals surface area contributed by atoms with E-state index in [0.717, 1.165) is 11.3 Å². The number of nitrogens with one attached hydrogen (secondary N) is 1. The van der Waals surface area contributed by atoms with Crippen molar-refractivity contribution in [2.75, 3.05) is 18.5 Å². The molecule has 0 radical (unpaired) electrons. The predicted molar refractivity (Wildman–Crippen MR) is 123 cm³/mol. The third-order valence-electron chi connectivity index (χ3n) is 6.12. The second-order valence-electron chi connectivity index (χ2n) is 9.11. The van der Waals surface area contributed by atoms with Crippen molar-refractivity contribution >= 4 is 11.7 Å². The second kappa shape index (κ2) is 11.0. The number of rotatable bonds is 9. The molecule has 198 valence electrons. The standard InChI is InChI=1S/C26H29F6NO3/c1-4-35-23(34)8-6-5-7-16-11-20(25(27,28)29)24(21(12-16)26(30,31)32)36-17-9-10-22-18(13-17)19(14-33-22)15(2)3/h9-13,15,19,33H,4-8,14H2,1-3H3. The van der Waals surface area contributed by atoms with E-state index >= 15 is 0 Å². The van der Waals surface area contributed by atoms with E-state index in [-0.39, 0.29) is 55.4 Å². The molecule has 0 spiro atoms. The van der Waals surface area contributed by atoms with Crippen LogP contribution in [-0.2, 0) is 28.3 Å². The molecule has 10 heteroatoms. The van der Waals surface area contributed by atoms with Crippen LogP contribution in [0.1, 0.15) is 68.2 Å². The molecule has 1 N–H and O–H groups in total. The van der Waals surface area contributed by atoms with Gasteiger partial charge < -0.3 is 14.8 Å². The van der Waals surface area contributed by atoms with E-state index in [2.05, 4.69) is 5.32 Å². The van der Waals surface area contributed by atoms with Crippen LogP contribution in [-0.4, -0.2) is 19.1 Å². The first-order valence-electron chi connectivity index (χ1n) is 11.8. The number of aryl methyl sites for hydroxylation is 1. The van der Waals surface area contributed by atoms with Crippen molar-refractivity contribution in [3.05, 3.63) is 52.6 Å². The molecular weight excluding hydrogens is 488 g/mol. The topological polar surface area (TPSA) is 47.6 Å². The van der Waals surface area contributed by atoms with Gasteiger partial charge in [-0.25, -0.2) is 0 Å². The Bertz CT molecular complexity index is 1040. The number of hydrogen-bond donors (Lipinski definition) is 1. The molecule has 3 rings (SSSR count). The van der Waals surface area contributed by atoms with Crippen LogP contribution in [0.25, 0.3) is 0 Å². The zero-order valence-corrected chi connectivity index (χ0v) is 20.3. The summed E-state index contributed by atoms with van der Waals surface area (Å²) in [6.45, 7) is 6.45. The minimum absolute atomic E-state index is 0.0395. The average Bonchev–Trinajstić information content (AvgIpc) is 3.19.